The van der Waals surface area contributed by atoms with E-state index in [4.69, 9.17) is 9.47 Å². The lowest BCUT2D eigenvalue weighted by atomic mass is 10.0. The van der Waals surface area contributed by atoms with Gasteiger partial charge in [0.15, 0.2) is 11.5 Å². The van der Waals surface area contributed by atoms with Crippen molar-refractivity contribution in [2.45, 2.75) is 32.6 Å². The molecule has 8 nitrogen and oxygen atoms in total. The standard InChI is InChI=1S/C32H30N2O6/c1-22(35)33-27-15-9-8-14-26(27)31(36)34-28(32(37)38)18-25-16-17-29(39-20-23-10-4-2-5-11-23)30(19-25)40-21-24-12-6-3-7-13-24/h2-17,19,28H,18,20-21H2,1H3,(H,33,35)(H,34,36)(H,37,38)/t28-/m1/s1. The number of aliphatic carboxylic acids is 1. The molecule has 0 aromatic heterocycles. The molecule has 0 saturated carbocycles. The van der Waals surface area contributed by atoms with Gasteiger partial charge >= 0.3 is 5.97 Å². The fraction of sp³-hybridized carbons (Fsp3) is 0.156. The average Bonchev–Trinajstić information content (AvgIpc) is 2.96. The Balaban J connectivity index is 1.53. The minimum absolute atomic E-state index is 0.00401. The zero-order valence-electron chi connectivity index (χ0n) is 22.0. The lowest BCUT2D eigenvalue weighted by Crippen LogP contribution is -2.42. The predicted molar refractivity (Wildman–Crippen MR) is 151 cm³/mol. The van der Waals surface area contributed by atoms with Crippen molar-refractivity contribution < 1.29 is 29.0 Å². The largest absolute Gasteiger partial charge is 0.485 e. The second kappa shape index (κ2) is 13.6. The summed E-state index contributed by atoms with van der Waals surface area (Å²) in [6, 6.07) is 29.8. The van der Waals surface area contributed by atoms with Gasteiger partial charge in [-0.05, 0) is 41.0 Å². The van der Waals surface area contributed by atoms with Crippen LogP contribution < -0.4 is 20.1 Å². The molecule has 2 amide bonds. The topological polar surface area (TPSA) is 114 Å². The third kappa shape index (κ3) is 7.94. The Kier molecular flexibility index (Phi) is 9.50. The summed E-state index contributed by atoms with van der Waals surface area (Å²) in [5.74, 6) is -1.17. The molecule has 0 bridgehead atoms. The van der Waals surface area contributed by atoms with Gasteiger partial charge in [-0.25, -0.2) is 4.79 Å². The van der Waals surface area contributed by atoms with Crippen LogP contribution in [0.5, 0.6) is 11.5 Å². The minimum atomic E-state index is -1.23. The molecule has 0 spiro atoms. The maximum absolute atomic E-state index is 13.0. The number of para-hydroxylation sites is 1. The van der Waals surface area contributed by atoms with Gasteiger partial charge in [0.05, 0.1) is 11.3 Å². The highest BCUT2D eigenvalue weighted by atomic mass is 16.5. The van der Waals surface area contributed by atoms with Crippen LogP contribution in [0.4, 0.5) is 5.69 Å². The number of ether oxygens (including phenoxy) is 2. The van der Waals surface area contributed by atoms with Gasteiger partial charge in [-0.3, -0.25) is 9.59 Å². The Labute approximate surface area is 232 Å². The number of nitrogens with one attached hydrogen (secondary N) is 2. The quantitative estimate of drug-likeness (QED) is 0.228. The summed E-state index contributed by atoms with van der Waals surface area (Å²) < 4.78 is 12.1. The van der Waals surface area contributed by atoms with E-state index in [1.165, 1.54) is 13.0 Å². The van der Waals surface area contributed by atoms with Gasteiger partial charge in [0.1, 0.15) is 19.3 Å². The van der Waals surface area contributed by atoms with Gasteiger partial charge in [0.25, 0.3) is 5.91 Å². The van der Waals surface area contributed by atoms with Gasteiger partial charge in [0.2, 0.25) is 5.91 Å². The monoisotopic (exact) mass is 538 g/mol. The van der Waals surface area contributed by atoms with E-state index in [9.17, 15) is 19.5 Å². The van der Waals surface area contributed by atoms with Crippen molar-refractivity contribution in [3.63, 3.8) is 0 Å². The van der Waals surface area contributed by atoms with Crippen molar-refractivity contribution in [2.24, 2.45) is 0 Å². The summed E-state index contributed by atoms with van der Waals surface area (Å²) in [5.41, 5.74) is 3.07. The smallest absolute Gasteiger partial charge is 0.326 e. The molecule has 0 aliphatic rings. The van der Waals surface area contributed by atoms with E-state index in [0.717, 1.165) is 11.1 Å². The van der Waals surface area contributed by atoms with Crippen LogP contribution in [-0.2, 0) is 29.2 Å². The van der Waals surface area contributed by atoms with E-state index in [2.05, 4.69) is 10.6 Å². The van der Waals surface area contributed by atoms with E-state index >= 15 is 0 Å². The number of carboxylic acid groups (broad SMARTS) is 1. The molecular weight excluding hydrogens is 508 g/mol. The number of hydrogen-bond donors (Lipinski definition) is 3. The first-order valence-corrected chi connectivity index (χ1v) is 12.8. The third-order valence-corrected chi connectivity index (χ3v) is 6.01. The van der Waals surface area contributed by atoms with Gasteiger partial charge in [-0.1, -0.05) is 78.9 Å². The molecule has 8 heteroatoms. The molecule has 0 aliphatic heterocycles. The van der Waals surface area contributed by atoms with Crippen molar-refractivity contribution in [3.8, 4) is 11.5 Å². The number of amides is 2. The van der Waals surface area contributed by atoms with Crippen LogP contribution in [0.25, 0.3) is 0 Å². The molecule has 40 heavy (non-hydrogen) atoms. The molecule has 4 rings (SSSR count). The second-order valence-electron chi connectivity index (χ2n) is 9.12. The van der Waals surface area contributed by atoms with Crippen molar-refractivity contribution in [1.29, 1.82) is 0 Å². The second-order valence-corrected chi connectivity index (χ2v) is 9.12. The molecular formula is C32H30N2O6. The third-order valence-electron chi connectivity index (χ3n) is 6.01. The van der Waals surface area contributed by atoms with E-state index in [-0.39, 0.29) is 17.9 Å². The Bertz CT molecular complexity index is 1460. The molecule has 4 aromatic carbocycles. The van der Waals surface area contributed by atoms with Crippen LogP contribution in [0, 0.1) is 0 Å². The van der Waals surface area contributed by atoms with Crippen molar-refractivity contribution in [2.75, 3.05) is 5.32 Å². The Morgan fingerprint density at radius 1 is 0.725 bits per heavy atom. The summed E-state index contributed by atoms with van der Waals surface area (Å²) in [6.45, 7) is 1.97. The highest BCUT2D eigenvalue weighted by Gasteiger charge is 2.23. The molecule has 3 N–H and O–H groups in total. The summed E-state index contributed by atoms with van der Waals surface area (Å²) in [5, 5.41) is 15.1. The van der Waals surface area contributed by atoms with Gasteiger partial charge in [-0.2, -0.15) is 0 Å². The lowest BCUT2D eigenvalue weighted by Gasteiger charge is -2.18. The maximum Gasteiger partial charge on any atom is 0.326 e. The summed E-state index contributed by atoms with van der Waals surface area (Å²) in [7, 11) is 0. The summed E-state index contributed by atoms with van der Waals surface area (Å²) >= 11 is 0. The predicted octanol–water partition coefficient (Wildman–Crippen LogP) is 5.23. The Hall–Kier alpha value is -5.11. The number of carboxylic acids is 1. The first kappa shape index (κ1) is 27.9. The fourth-order valence-electron chi connectivity index (χ4n) is 4.03. The molecule has 1 atom stereocenters. The van der Waals surface area contributed by atoms with Crippen molar-refractivity contribution in [3.05, 3.63) is 125 Å². The Morgan fingerprint density at radius 3 is 1.90 bits per heavy atom. The van der Waals surface area contributed by atoms with E-state index in [1.807, 2.05) is 60.7 Å². The van der Waals surface area contributed by atoms with Crippen LogP contribution in [0.1, 0.15) is 34.0 Å². The molecule has 204 valence electrons. The number of rotatable bonds is 12. The highest BCUT2D eigenvalue weighted by Crippen LogP contribution is 2.31. The zero-order valence-corrected chi connectivity index (χ0v) is 22.0. The van der Waals surface area contributed by atoms with Crippen LogP contribution in [0.15, 0.2) is 103 Å². The molecule has 0 unspecified atom stereocenters. The highest BCUT2D eigenvalue weighted by molar-refractivity contribution is 6.04. The van der Waals surface area contributed by atoms with Crippen molar-refractivity contribution >= 4 is 23.5 Å². The first-order chi connectivity index (χ1) is 19.4. The first-order valence-electron chi connectivity index (χ1n) is 12.8. The number of carbonyl (C=O) groups is 3. The van der Waals surface area contributed by atoms with Crippen LogP contribution in [-0.4, -0.2) is 28.9 Å². The Morgan fingerprint density at radius 2 is 1.30 bits per heavy atom. The molecule has 0 radical (unpaired) electrons. The van der Waals surface area contributed by atoms with Gasteiger partial charge < -0.3 is 25.2 Å². The number of carbonyl (C=O) groups excluding carboxylic acids is 2. The van der Waals surface area contributed by atoms with Crippen LogP contribution in [0.3, 0.4) is 0 Å². The lowest BCUT2D eigenvalue weighted by molar-refractivity contribution is -0.139. The molecule has 0 aliphatic carbocycles. The van der Waals surface area contributed by atoms with E-state index < -0.39 is 17.9 Å². The summed E-state index contributed by atoms with van der Waals surface area (Å²) in [4.78, 5) is 36.6. The van der Waals surface area contributed by atoms with Crippen molar-refractivity contribution in [1.82, 2.24) is 5.32 Å². The summed E-state index contributed by atoms with van der Waals surface area (Å²) in [6.07, 6.45) is 0.00401. The SMILES string of the molecule is CC(=O)Nc1ccccc1C(=O)N[C@H](Cc1ccc(OCc2ccccc2)c(OCc2ccccc2)c1)C(=O)O. The van der Waals surface area contributed by atoms with Gasteiger partial charge in [0, 0.05) is 13.3 Å². The zero-order chi connectivity index (χ0) is 28.3. The van der Waals surface area contributed by atoms with Gasteiger partial charge in [-0.15, -0.1) is 0 Å². The average molecular weight is 539 g/mol. The molecule has 0 fully saturated rings. The molecule has 0 saturated heterocycles. The molecule has 0 heterocycles. The fourth-order valence-corrected chi connectivity index (χ4v) is 4.03. The minimum Gasteiger partial charge on any atom is -0.485 e. The number of hydrogen-bond acceptors (Lipinski definition) is 5. The molecule has 4 aromatic rings. The van der Waals surface area contributed by atoms with Crippen LogP contribution >= 0.6 is 0 Å². The van der Waals surface area contributed by atoms with Crippen LogP contribution in [0.2, 0.25) is 0 Å². The maximum atomic E-state index is 13.0. The number of benzene rings is 4. The number of anilines is 1. The van der Waals surface area contributed by atoms with E-state index in [0.29, 0.717) is 36.0 Å². The van der Waals surface area contributed by atoms with E-state index in [1.54, 1.807) is 36.4 Å². The normalized spacial score (nSPS) is 11.2.